The minimum Gasteiger partial charge on any atom is -0.338 e. The first-order valence-corrected chi connectivity index (χ1v) is 7.95. The van der Waals surface area contributed by atoms with Crippen molar-refractivity contribution in [1.82, 2.24) is 15.5 Å². The van der Waals surface area contributed by atoms with Gasteiger partial charge >= 0.3 is 6.03 Å². The van der Waals surface area contributed by atoms with E-state index in [2.05, 4.69) is 29.4 Å². The Hall–Kier alpha value is -1.55. The number of piperidine rings is 1. The van der Waals surface area contributed by atoms with Crippen molar-refractivity contribution in [2.75, 3.05) is 19.6 Å². The molecular weight excluding hydrogens is 262 g/mol. The predicted molar refractivity (Wildman–Crippen MR) is 86.1 cm³/mol. The molecule has 21 heavy (non-hydrogen) atoms. The molecule has 0 bridgehead atoms. The minimum atomic E-state index is -0.0647. The van der Waals surface area contributed by atoms with E-state index < -0.39 is 0 Å². The molecular formula is C17H27N3O. The number of amides is 2. The van der Waals surface area contributed by atoms with Crippen LogP contribution >= 0.6 is 0 Å². The second kappa shape index (κ2) is 8.03. The molecule has 1 saturated heterocycles. The number of rotatable bonds is 5. The van der Waals surface area contributed by atoms with Crippen molar-refractivity contribution in [3.05, 3.63) is 35.9 Å². The topological polar surface area (TPSA) is 44.4 Å². The van der Waals surface area contributed by atoms with Crippen molar-refractivity contribution >= 4 is 6.03 Å². The van der Waals surface area contributed by atoms with Gasteiger partial charge in [-0.3, -0.25) is 0 Å². The average molecular weight is 289 g/mol. The fourth-order valence-corrected chi connectivity index (χ4v) is 2.75. The van der Waals surface area contributed by atoms with Gasteiger partial charge in [0.2, 0.25) is 0 Å². The van der Waals surface area contributed by atoms with Crippen LogP contribution < -0.4 is 10.6 Å². The third kappa shape index (κ3) is 5.38. The zero-order chi connectivity index (χ0) is 15.1. The van der Waals surface area contributed by atoms with Gasteiger partial charge in [-0.1, -0.05) is 30.3 Å². The third-order valence-corrected chi connectivity index (χ3v) is 4.23. The Balaban J connectivity index is 1.61. The lowest BCUT2D eigenvalue weighted by molar-refractivity contribution is 0.148. The summed E-state index contributed by atoms with van der Waals surface area (Å²) in [5, 5.41) is 5.90. The molecule has 1 aliphatic rings. The van der Waals surface area contributed by atoms with Crippen molar-refractivity contribution in [3.63, 3.8) is 0 Å². The maximum absolute atomic E-state index is 11.8. The molecule has 2 amide bonds. The molecule has 1 aromatic rings. The van der Waals surface area contributed by atoms with E-state index in [0.717, 1.165) is 25.2 Å². The maximum Gasteiger partial charge on any atom is 0.315 e. The molecule has 0 saturated carbocycles. The molecule has 0 aromatic heterocycles. The smallest absolute Gasteiger partial charge is 0.315 e. The van der Waals surface area contributed by atoms with Crippen molar-refractivity contribution in [1.29, 1.82) is 0 Å². The molecule has 2 rings (SSSR count). The predicted octanol–water partition coefficient (Wildman–Crippen LogP) is 2.61. The molecule has 0 unspecified atom stereocenters. The van der Waals surface area contributed by atoms with Gasteiger partial charge in [-0.15, -0.1) is 0 Å². The lowest BCUT2D eigenvalue weighted by Gasteiger charge is -2.34. The van der Waals surface area contributed by atoms with Gasteiger partial charge in [-0.2, -0.15) is 0 Å². The van der Waals surface area contributed by atoms with Gasteiger partial charge in [0.25, 0.3) is 0 Å². The van der Waals surface area contributed by atoms with Crippen LogP contribution in [0.5, 0.6) is 0 Å². The summed E-state index contributed by atoms with van der Waals surface area (Å²) in [4.78, 5) is 14.3. The third-order valence-electron chi connectivity index (χ3n) is 4.23. The van der Waals surface area contributed by atoms with Crippen LogP contribution in [0.3, 0.4) is 0 Å². The fraction of sp³-hybridized carbons (Fsp3) is 0.588. The number of benzene rings is 1. The standard InChI is InChI=1S/C17H27N3O/c1-14(2)20-10-8-16(9-11-20)13-19-17(21)18-12-15-6-4-3-5-7-15/h3-7,14,16H,8-13H2,1-2H3,(H2,18,19,21). The van der Waals surface area contributed by atoms with Gasteiger partial charge in [0.1, 0.15) is 0 Å². The first kappa shape index (κ1) is 15.8. The largest absolute Gasteiger partial charge is 0.338 e. The van der Waals surface area contributed by atoms with Crippen LogP contribution in [0.25, 0.3) is 0 Å². The van der Waals surface area contributed by atoms with Crippen LogP contribution in [0.4, 0.5) is 4.79 Å². The van der Waals surface area contributed by atoms with Crippen LogP contribution in [0.15, 0.2) is 30.3 Å². The molecule has 0 spiro atoms. The van der Waals surface area contributed by atoms with E-state index in [9.17, 15) is 4.79 Å². The zero-order valence-electron chi connectivity index (χ0n) is 13.1. The molecule has 1 fully saturated rings. The highest BCUT2D eigenvalue weighted by Crippen LogP contribution is 2.17. The van der Waals surface area contributed by atoms with E-state index in [1.807, 2.05) is 30.3 Å². The number of hydrogen-bond acceptors (Lipinski definition) is 2. The summed E-state index contributed by atoms with van der Waals surface area (Å²) in [6.45, 7) is 8.15. The first-order valence-electron chi connectivity index (χ1n) is 7.95. The van der Waals surface area contributed by atoms with Crippen LogP contribution in [0, 0.1) is 5.92 Å². The molecule has 1 heterocycles. The van der Waals surface area contributed by atoms with E-state index in [4.69, 9.17) is 0 Å². The molecule has 0 aliphatic carbocycles. The molecule has 116 valence electrons. The molecule has 1 aromatic carbocycles. The normalized spacial score (nSPS) is 16.9. The van der Waals surface area contributed by atoms with Crippen molar-refractivity contribution in [2.24, 2.45) is 5.92 Å². The van der Waals surface area contributed by atoms with Crippen molar-refractivity contribution in [3.8, 4) is 0 Å². The quantitative estimate of drug-likeness (QED) is 0.875. The Labute approximate surface area is 127 Å². The van der Waals surface area contributed by atoms with Gasteiger partial charge in [-0.05, 0) is 51.3 Å². The Kier molecular flexibility index (Phi) is 6.05. The van der Waals surface area contributed by atoms with Crippen LogP contribution in [-0.4, -0.2) is 36.6 Å². The molecule has 0 radical (unpaired) electrons. The number of hydrogen-bond donors (Lipinski definition) is 2. The average Bonchev–Trinajstić information content (AvgIpc) is 2.52. The van der Waals surface area contributed by atoms with Gasteiger partial charge in [0.15, 0.2) is 0 Å². The summed E-state index contributed by atoms with van der Waals surface area (Å²) in [6, 6.07) is 10.5. The Bertz CT molecular complexity index is 425. The summed E-state index contributed by atoms with van der Waals surface area (Å²) in [7, 11) is 0. The van der Waals surface area contributed by atoms with E-state index in [0.29, 0.717) is 18.5 Å². The van der Waals surface area contributed by atoms with E-state index >= 15 is 0 Å². The maximum atomic E-state index is 11.8. The van der Waals surface area contributed by atoms with Gasteiger partial charge in [0, 0.05) is 19.1 Å². The molecule has 4 heteroatoms. The number of likely N-dealkylation sites (tertiary alicyclic amines) is 1. The van der Waals surface area contributed by atoms with E-state index in [1.165, 1.54) is 12.8 Å². The number of urea groups is 1. The van der Waals surface area contributed by atoms with E-state index in [1.54, 1.807) is 0 Å². The highest BCUT2D eigenvalue weighted by atomic mass is 16.2. The number of carbonyl (C=O) groups is 1. The molecule has 2 N–H and O–H groups in total. The SMILES string of the molecule is CC(C)N1CCC(CNC(=O)NCc2ccccc2)CC1. The van der Waals surface area contributed by atoms with Crippen molar-refractivity contribution in [2.45, 2.75) is 39.3 Å². The van der Waals surface area contributed by atoms with Crippen molar-refractivity contribution < 1.29 is 4.79 Å². The molecule has 1 aliphatic heterocycles. The van der Waals surface area contributed by atoms with Gasteiger partial charge in [0.05, 0.1) is 0 Å². The minimum absolute atomic E-state index is 0.0647. The van der Waals surface area contributed by atoms with E-state index in [-0.39, 0.29) is 6.03 Å². The second-order valence-electron chi connectivity index (χ2n) is 6.12. The highest BCUT2D eigenvalue weighted by Gasteiger charge is 2.20. The van der Waals surface area contributed by atoms with Gasteiger partial charge < -0.3 is 15.5 Å². The lowest BCUT2D eigenvalue weighted by Crippen LogP contribution is -2.43. The first-order chi connectivity index (χ1) is 10.1. The number of carbonyl (C=O) groups excluding carboxylic acids is 1. The fourth-order valence-electron chi connectivity index (χ4n) is 2.75. The zero-order valence-corrected chi connectivity index (χ0v) is 13.1. The highest BCUT2D eigenvalue weighted by molar-refractivity contribution is 5.73. The second-order valence-corrected chi connectivity index (χ2v) is 6.12. The summed E-state index contributed by atoms with van der Waals surface area (Å²) in [6.07, 6.45) is 2.36. The van der Waals surface area contributed by atoms with Crippen LogP contribution in [-0.2, 0) is 6.54 Å². The number of nitrogens with zero attached hydrogens (tertiary/aromatic N) is 1. The Morgan fingerprint density at radius 3 is 2.48 bits per heavy atom. The Morgan fingerprint density at radius 1 is 1.19 bits per heavy atom. The summed E-state index contributed by atoms with van der Waals surface area (Å²) in [5.41, 5.74) is 1.12. The lowest BCUT2D eigenvalue weighted by atomic mass is 9.96. The van der Waals surface area contributed by atoms with Crippen LogP contribution in [0.1, 0.15) is 32.3 Å². The monoisotopic (exact) mass is 289 g/mol. The Morgan fingerprint density at radius 2 is 1.86 bits per heavy atom. The molecule has 0 atom stereocenters. The summed E-state index contributed by atoms with van der Waals surface area (Å²) >= 11 is 0. The van der Waals surface area contributed by atoms with Gasteiger partial charge in [-0.25, -0.2) is 4.79 Å². The summed E-state index contributed by atoms with van der Waals surface area (Å²) < 4.78 is 0. The van der Waals surface area contributed by atoms with Crippen LogP contribution in [0.2, 0.25) is 0 Å². The molecule has 4 nitrogen and oxygen atoms in total. The summed E-state index contributed by atoms with van der Waals surface area (Å²) in [5.74, 6) is 0.613. The number of nitrogens with one attached hydrogen (secondary N) is 2.